The molecule has 0 amide bonds. The number of rotatable bonds is 3. The molecule has 2 aromatic carbocycles. The molecule has 0 atom stereocenters. The summed E-state index contributed by atoms with van der Waals surface area (Å²) in [5, 5.41) is 0. The molecule has 24 heavy (non-hydrogen) atoms. The van der Waals surface area contributed by atoms with Gasteiger partial charge in [0.2, 0.25) is 0 Å². The number of halogens is 4. The van der Waals surface area contributed by atoms with Gasteiger partial charge < -0.3 is 0 Å². The van der Waals surface area contributed by atoms with Gasteiger partial charge in [0.25, 0.3) is 0 Å². The summed E-state index contributed by atoms with van der Waals surface area (Å²) in [7, 11) is -5.69. The minimum atomic E-state index is -5.69. The molecule has 0 aliphatic heterocycles. The molecule has 0 aliphatic carbocycles. The van der Waals surface area contributed by atoms with Crippen molar-refractivity contribution in [1.29, 1.82) is 0 Å². The van der Waals surface area contributed by atoms with Crippen molar-refractivity contribution in [3.8, 4) is 9.85 Å². The Morgan fingerprint density at radius 1 is 1.00 bits per heavy atom. The van der Waals surface area contributed by atoms with Crippen LogP contribution in [0.2, 0.25) is 0 Å². The zero-order valence-corrected chi connectivity index (χ0v) is 15.3. The third kappa shape index (κ3) is 4.96. The molecule has 0 spiro atoms. The summed E-state index contributed by atoms with van der Waals surface area (Å²) >= 11 is -3.37. The fraction of sp³-hybridized carbons (Fsp3) is 0.125. The van der Waals surface area contributed by atoms with Gasteiger partial charge in [0, 0.05) is 0 Å². The van der Waals surface area contributed by atoms with Gasteiger partial charge in [-0.1, -0.05) is 0 Å². The average molecular weight is 468 g/mol. The van der Waals surface area contributed by atoms with Crippen LogP contribution >= 0.6 is 20.2 Å². The van der Waals surface area contributed by atoms with E-state index in [1.807, 2.05) is 6.92 Å². The molecular weight excluding hydrogens is 456 g/mol. The molecule has 0 aromatic heterocycles. The van der Waals surface area contributed by atoms with Gasteiger partial charge in [-0.15, -0.1) is 0 Å². The van der Waals surface area contributed by atoms with Crippen molar-refractivity contribution >= 4 is 30.4 Å². The normalized spacial score (nSPS) is 12.2. The van der Waals surface area contributed by atoms with Crippen LogP contribution in [0.1, 0.15) is 11.1 Å². The molecule has 0 N–H and O–H groups in total. The van der Waals surface area contributed by atoms with Crippen molar-refractivity contribution in [2.75, 3.05) is 0 Å². The summed E-state index contributed by atoms with van der Waals surface area (Å²) in [6.45, 7) is 1.89. The number of hydrogen-bond donors (Lipinski definition) is 0. The Hall–Kier alpha value is -1.57. The first-order valence-corrected chi connectivity index (χ1v) is 11.0. The minimum absolute atomic E-state index is 0.370. The molecule has 2 rings (SSSR count). The molecule has 3 nitrogen and oxygen atoms in total. The van der Waals surface area contributed by atoms with Gasteiger partial charge in [0.05, 0.1) is 0 Å². The molecule has 0 saturated heterocycles. The van der Waals surface area contributed by atoms with Crippen LogP contribution in [0.15, 0.2) is 54.6 Å². The average Bonchev–Trinajstić information content (AvgIpc) is 2.52. The Balaban J connectivity index is 2.37. The monoisotopic (exact) mass is 468 g/mol. The summed E-state index contributed by atoms with van der Waals surface area (Å²) in [6.07, 6.45) is 0. The zero-order valence-electron chi connectivity index (χ0n) is 12.3. The van der Waals surface area contributed by atoms with Crippen LogP contribution in [0.3, 0.4) is 0 Å². The maximum absolute atomic E-state index is 12.6. The molecule has 8 heteroatoms. The van der Waals surface area contributed by atoms with Crippen molar-refractivity contribution < 1.29 is 24.1 Å². The fourth-order valence-electron chi connectivity index (χ4n) is 1.49. The first-order valence-electron chi connectivity index (χ1n) is 6.54. The fourth-order valence-corrected chi connectivity index (χ4v) is 6.69. The zero-order chi connectivity index (χ0) is 17.8. The maximum atomic E-state index is 12.6. The number of aryl methyl sites for hydroxylation is 1. The second-order valence-electron chi connectivity index (χ2n) is 4.59. The van der Waals surface area contributed by atoms with Crippen molar-refractivity contribution in [2.45, 2.75) is 12.4 Å². The molecular formula is C16H12F3IO3S. The van der Waals surface area contributed by atoms with E-state index in [0.29, 0.717) is 9.13 Å². The van der Waals surface area contributed by atoms with Crippen LogP contribution in [0, 0.1) is 20.3 Å². The van der Waals surface area contributed by atoms with Gasteiger partial charge in [-0.3, -0.25) is 0 Å². The molecule has 0 aliphatic rings. The van der Waals surface area contributed by atoms with Gasteiger partial charge >= 0.3 is 146 Å². The van der Waals surface area contributed by atoms with Crippen LogP contribution < -0.4 is 0 Å². The van der Waals surface area contributed by atoms with Crippen LogP contribution in [-0.4, -0.2) is 13.9 Å². The van der Waals surface area contributed by atoms with Crippen LogP contribution in [0.25, 0.3) is 0 Å². The van der Waals surface area contributed by atoms with E-state index in [1.165, 1.54) is 12.1 Å². The Morgan fingerprint density at radius 2 is 1.58 bits per heavy atom. The van der Waals surface area contributed by atoms with E-state index in [9.17, 15) is 21.6 Å². The topological polar surface area (TPSA) is 43.4 Å². The summed E-state index contributed by atoms with van der Waals surface area (Å²) < 4.78 is 67.8. The Morgan fingerprint density at radius 3 is 2.12 bits per heavy atom. The van der Waals surface area contributed by atoms with E-state index < -0.39 is 35.9 Å². The van der Waals surface area contributed by atoms with Crippen molar-refractivity contribution in [2.24, 2.45) is 0 Å². The summed E-state index contributed by atoms with van der Waals surface area (Å²) in [6, 6.07) is 14.9. The van der Waals surface area contributed by atoms with Crippen LogP contribution in [0.4, 0.5) is 13.2 Å². The number of hydrogen-bond acceptors (Lipinski definition) is 3. The van der Waals surface area contributed by atoms with E-state index in [2.05, 4.69) is 12.4 Å². The first-order chi connectivity index (χ1) is 11.2. The van der Waals surface area contributed by atoms with Crippen molar-refractivity contribution in [3.05, 3.63) is 69.3 Å². The molecule has 128 valence electrons. The molecule has 0 saturated carbocycles. The van der Waals surface area contributed by atoms with Crippen molar-refractivity contribution in [1.82, 2.24) is 0 Å². The Kier molecular flexibility index (Phi) is 5.90. The molecule has 0 radical (unpaired) electrons. The number of benzene rings is 2. The van der Waals surface area contributed by atoms with Gasteiger partial charge in [0.15, 0.2) is 0 Å². The standard InChI is InChI=1S/C16H12F3IO3S/c1-13-7-9-14(10-8-13)11-12-20(15-5-3-2-4-6-15)23-24(21,22)16(17,18)19/h2-10H,1H3. The third-order valence-corrected chi connectivity index (χ3v) is 8.66. The molecule has 0 heterocycles. The second kappa shape index (κ2) is 7.55. The van der Waals surface area contributed by atoms with Gasteiger partial charge in [-0.2, -0.15) is 0 Å². The summed E-state index contributed by atoms with van der Waals surface area (Å²) in [5.74, 6) is 2.71. The van der Waals surface area contributed by atoms with Gasteiger partial charge in [-0.05, 0) is 0 Å². The van der Waals surface area contributed by atoms with Crippen LogP contribution in [-0.2, 0) is 12.6 Å². The van der Waals surface area contributed by atoms with E-state index in [1.54, 1.807) is 42.5 Å². The van der Waals surface area contributed by atoms with E-state index >= 15 is 0 Å². The second-order valence-corrected chi connectivity index (χ2v) is 10.4. The van der Waals surface area contributed by atoms with Crippen LogP contribution in [0.5, 0.6) is 0 Å². The first kappa shape index (κ1) is 18.8. The number of alkyl halides is 3. The third-order valence-electron chi connectivity index (χ3n) is 2.69. The Labute approximate surface area is 145 Å². The Bertz CT molecular complexity index is 851. The molecule has 0 unspecified atom stereocenters. The summed E-state index contributed by atoms with van der Waals surface area (Å²) in [4.78, 5) is 0. The molecule has 0 bridgehead atoms. The van der Waals surface area contributed by atoms with Gasteiger partial charge in [-0.25, -0.2) is 0 Å². The predicted octanol–water partition coefficient (Wildman–Crippen LogP) is 4.46. The molecule has 0 fully saturated rings. The van der Waals surface area contributed by atoms with E-state index in [0.717, 1.165) is 5.56 Å². The predicted molar refractivity (Wildman–Crippen MR) is 93.3 cm³/mol. The van der Waals surface area contributed by atoms with E-state index in [-0.39, 0.29) is 0 Å². The van der Waals surface area contributed by atoms with Gasteiger partial charge in [0.1, 0.15) is 0 Å². The van der Waals surface area contributed by atoms with Crippen molar-refractivity contribution in [3.63, 3.8) is 0 Å². The SMILES string of the molecule is Cc1ccc(C#CI(OS(=O)(=O)C(F)(F)F)c2ccccc2)cc1. The quantitative estimate of drug-likeness (QED) is 0.380. The molecule has 2 aromatic rings. The summed E-state index contributed by atoms with van der Waals surface area (Å²) in [5.41, 5.74) is -3.88. The van der Waals surface area contributed by atoms with E-state index in [4.69, 9.17) is 0 Å².